The van der Waals surface area contributed by atoms with Crippen molar-refractivity contribution in [3.63, 3.8) is 0 Å². The molecule has 0 heterocycles. The standard InChI is InChI=1S/C19H32N4O3/c1-6-20-17(22-13-14-23-18(24)26-19(2,3)4)21-12-11-15-7-9-16(25-5)10-8-15/h7-10H,6,11-14H2,1-5H3,(H,23,24)(H2,20,21,22). The summed E-state index contributed by atoms with van der Waals surface area (Å²) in [5.41, 5.74) is 0.715. The monoisotopic (exact) mass is 364 g/mol. The van der Waals surface area contributed by atoms with Crippen LogP contribution < -0.4 is 20.7 Å². The summed E-state index contributed by atoms with van der Waals surface area (Å²) in [5.74, 6) is 1.58. The third-order valence-electron chi connectivity index (χ3n) is 3.26. The lowest BCUT2D eigenvalue weighted by Gasteiger charge is -2.19. The zero-order chi connectivity index (χ0) is 19.4. The van der Waals surface area contributed by atoms with Gasteiger partial charge in [-0.3, -0.25) is 4.99 Å². The van der Waals surface area contributed by atoms with Crippen LogP contribution in [0, 0.1) is 0 Å². The van der Waals surface area contributed by atoms with Crippen LogP contribution >= 0.6 is 0 Å². The van der Waals surface area contributed by atoms with E-state index in [9.17, 15) is 4.79 Å². The summed E-state index contributed by atoms with van der Waals surface area (Å²) in [6.45, 7) is 9.98. The zero-order valence-electron chi connectivity index (χ0n) is 16.5. The van der Waals surface area contributed by atoms with Gasteiger partial charge in [-0.2, -0.15) is 0 Å². The Labute approximate surface area is 156 Å². The molecule has 7 nitrogen and oxygen atoms in total. The van der Waals surface area contributed by atoms with E-state index in [1.807, 2.05) is 52.0 Å². The van der Waals surface area contributed by atoms with E-state index in [1.165, 1.54) is 5.56 Å². The van der Waals surface area contributed by atoms with Gasteiger partial charge in [-0.1, -0.05) is 12.1 Å². The van der Waals surface area contributed by atoms with E-state index in [2.05, 4.69) is 20.9 Å². The number of hydrogen-bond acceptors (Lipinski definition) is 4. The fourth-order valence-electron chi connectivity index (χ4n) is 2.09. The number of nitrogens with zero attached hydrogens (tertiary/aromatic N) is 1. The van der Waals surface area contributed by atoms with Gasteiger partial charge in [0.1, 0.15) is 11.4 Å². The summed E-state index contributed by atoms with van der Waals surface area (Å²) in [6, 6.07) is 7.98. The first-order valence-electron chi connectivity index (χ1n) is 8.96. The van der Waals surface area contributed by atoms with Gasteiger partial charge in [0.15, 0.2) is 5.96 Å². The van der Waals surface area contributed by atoms with Crippen LogP contribution in [0.3, 0.4) is 0 Å². The number of aliphatic imine (C=N–C) groups is 1. The Balaban J connectivity index is 2.35. The molecule has 0 saturated heterocycles. The smallest absolute Gasteiger partial charge is 0.407 e. The Morgan fingerprint density at radius 2 is 1.73 bits per heavy atom. The van der Waals surface area contributed by atoms with Crippen LogP contribution in [0.2, 0.25) is 0 Å². The molecule has 3 N–H and O–H groups in total. The fourth-order valence-corrected chi connectivity index (χ4v) is 2.09. The summed E-state index contributed by atoms with van der Waals surface area (Å²) in [7, 11) is 1.66. The number of amides is 1. The second-order valence-corrected chi connectivity index (χ2v) is 6.71. The molecular formula is C19H32N4O3. The van der Waals surface area contributed by atoms with Crippen LogP contribution in [0.15, 0.2) is 29.3 Å². The maximum Gasteiger partial charge on any atom is 0.407 e. The summed E-state index contributed by atoms with van der Waals surface area (Å²) in [5, 5.41) is 9.09. The van der Waals surface area contributed by atoms with Crippen molar-refractivity contribution in [3.8, 4) is 5.75 Å². The van der Waals surface area contributed by atoms with Gasteiger partial charge in [-0.05, 0) is 51.8 Å². The Morgan fingerprint density at radius 1 is 1.08 bits per heavy atom. The number of rotatable bonds is 8. The van der Waals surface area contributed by atoms with Crippen LogP contribution in [-0.2, 0) is 11.2 Å². The van der Waals surface area contributed by atoms with Crippen molar-refractivity contribution < 1.29 is 14.3 Å². The van der Waals surface area contributed by atoms with Crippen LogP contribution in [0.25, 0.3) is 0 Å². The molecule has 146 valence electrons. The van der Waals surface area contributed by atoms with Gasteiger partial charge >= 0.3 is 6.09 Å². The first-order chi connectivity index (χ1) is 12.3. The number of benzene rings is 1. The van der Waals surface area contributed by atoms with Gasteiger partial charge in [0.05, 0.1) is 7.11 Å². The number of methoxy groups -OCH3 is 1. The first kappa shape index (κ1) is 21.6. The van der Waals surface area contributed by atoms with E-state index in [-0.39, 0.29) is 0 Å². The molecule has 1 aromatic rings. The number of carbonyl (C=O) groups is 1. The molecule has 0 spiro atoms. The van der Waals surface area contributed by atoms with E-state index < -0.39 is 11.7 Å². The normalized spacial score (nSPS) is 11.7. The number of alkyl carbamates (subject to hydrolysis) is 1. The summed E-state index contributed by atoms with van der Waals surface area (Å²) >= 11 is 0. The largest absolute Gasteiger partial charge is 0.497 e. The number of nitrogens with one attached hydrogen (secondary N) is 3. The molecule has 0 unspecified atom stereocenters. The van der Waals surface area contributed by atoms with Crippen molar-refractivity contribution >= 4 is 12.1 Å². The molecule has 1 rings (SSSR count). The van der Waals surface area contributed by atoms with Crippen LogP contribution in [0.5, 0.6) is 5.75 Å². The number of ether oxygens (including phenoxy) is 2. The Kier molecular flexibility index (Phi) is 9.33. The highest BCUT2D eigenvalue weighted by atomic mass is 16.6. The maximum absolute atomic E-state index is 11.6. The fraction of sp³-hybridized carbons (Fsp3) is 0.579. The lowest BCUT2D eigenvalue weighted by molar-refractivity contribution is 0.0529. The van der Waals surface area contributed by atoms with Crippen molar-refractivity contribution in [1.82, 2.24) is 16.0 Å². The average molecular weight is 364 g/mol. The number of hydrogen-bond donors (Lipinski definition) is 3. The highest BCUT2D eigenvalue weighted by Gasteiger charge is 2.15. The molecule has 7 heteroatoms. The van der Waals surface area contributed by atoms with Gasteiger partial charge in [-0.15, -0.1) is 0 Å². The van der Waals surface area contributed by atoms with Crippen molar-refractivity contribution in [3.05, 3.63) is 29.8 Å². The molecule has 0 fully saturated rings. The van der Waals surface area contributed by atoms with Gasteiger partial charge in [0, 0.05) is 26.2 Å². The molecule has 0 aliphatic carbocycles. The second kappa shape index (κ2) is 11.2. The highest BCUT2D eigenvalue weighted by molar-refractivity contribution is 5.79. The van der Waals surface area contributed by atoms with Crippen molar-refractivity contribution in [2.45, 2.75) is 39.7 Å². The predicted octanol–water partition coefficient (Wildman–Crippen LogP) is 2.32. The average Bonchev–Trinajstić information content (AvgIpc) is 2.57. The summed E-state index contributed by atoms with van der Waals surface area (Å²) < 4.78 is 10.3. The molecule has 1 amide bonds. The molecule has 0 bridgehead atoms. The quantitative estimate of drug-likeness (QED) is 0.375. The molecule has 0 aromatic heterocycles. The van der Waals surface area contributed by atoms with Crippen molar-refractivity contribution in [1.29, 1.82) is 0 Å². The molecule has 1 aromatic carbocycles. The van der Waals surface area contributed by atoms with E-state index in [4.69, 9.17) is 9.47 Å². The summed E-state index contributed by atoms with van der Waals surface area (Å²) in [4.78, 5) is 16.1. The highest BCUT2D eigenvalue weighted by Crippen LogP contribution is 2.11. The van der Waals surface area contributed by atoms with Gasteiger partial charge < -0.3 is 25.4 Å². The van der Waals surface area contributed by atoms with Crippen LogP contribution in [0.1, 0.15) is 33.3 Å². The van der Waals surface area contributed by atoms with E-state index in [1.54, 1.807) is 7.11 Å². The Bertz CT molecular complexity index is 565. The minimum atomic E-state index is -0.491. The van der Waals surface area contributed by atoms with Gasteiger partial charge in [0.2, 0.25) is 0 Å². The lowest BCUT2D eigenvalue weighted by atomic mass is 10.1. The molecular weight excluding hydrogens is 332 g/mol. The SMILES string of the molecule is CCNC(=NCCc1ccc(OC)cc1)NCCNC(=O)OC(C)(C)C. The van der Waals surface area contributed by atoms with Crippen molar-refractivity contribution in [2.24, 2.45) is 4.99 Å². The third kappa shape index (κ3) is 9.76. The molecule has 0 aliphatic heterocycles. The molecule has 0 aliphatic rings. The maximum atomic E-state index is 11.6. The molecule has 0 saturated carbocycles. The molecule has 0 atom stereocenters. The molecule has 26 heavy (non-hydrogen) atoms. The van der Waals surface area contributed by atoms with Crippen molar-refractivity contribution in [2.75, 3.05) is 33.3 Å². The number of carbonyl (C=O) groups excluding carboxylic acids is 1. The topological polar surface area (TPSA) is 84.0 Å². The van der Waals surface area contributed by atoms with Gasteiger partial charge in [-0.25, -0.2) is 4.79 Å². The Morgan fingerprint density at radius 3 is 2.31 bits per heavy atom. The van der Waals surface area contributed by atoms with Crippen LogP contribution in [-0.4, -0.2) is 50.9 Å². The zero-order valence-corrected chi connectivity index (χ0v) is 16.5. The number of guanidine groups is 1. The first-order valence-corrected chi connectivity index (χ1v) is 8.96. The minimum absolute atomic E-state index is 0.416. The minimum Gasteiger partial charge on any atom is -0.497 e. The Hall–Kier alpha value is -2.44. The van der Waals surface area contributed by atoms with E-state index >= 15 is 0 Å². The van der Waals surface area contributed by atoms with E-state index in [0.717, 1.165) is 24.7 Å². The van der Waals surface area contributed by atoms with Crippen LogP contribution in [0.4, 0.5) is 4.79 Å². The summed E-state index contributed by atoms with van der Waals surface area (Å²) in [6.07, 6.45) is 0.428. The van der Waals surface area contributed by atoms with Gasteiger partial charge in [0.25, 0.3) is 0 Å². The van der Waals surface area contributed by atoms with E-state index in [0.29, 0.717) is 19.6 Å². The predicted molar refractivity (Wildman–Crippen MR) is 105 cm³/mol. The third-order valence-corrected chi connectivity index (χ3v) is 3.26. The molecule has 0 radical (unpaired) electrons. The lowest BCUT2D eigenvalue weighted by Crippen LogP contribution is -2.42. The second-order valence-electron chi connectivity index (χ2n) is 6.71.